The maximum absolute atomic E-state index is 13.8. The number of rotatable bonds is 8. The van der Waals surface area contributed by atoms with Crippen molar-refractivity contribution in [2.75, 3.05) is 27.1 Å². The van der Waals surface area contributed by atoms with Crippen molar-refractivity contribution in [2.24, 2.45) is 5.92 Å². The van der Waals surface area contributed by atoms with E-state index in [1.165, 1.54) is 7.11 Å². The third kappa shape index (κ3) is 9.03. The summed E-state index contributed by atoms with van der Waals surface area (Å²) in [7, 11) is 1.50. The number of fused-ring (bicyclic) bond motifs is 2. The molecule has 0 radical (unpaired) electrons. The number of cyclic esters (lactones) is 1. The van der Waals surface area contributed by atoms with E-state index in [0.29, 0.717) is 29.9 Å². The Kier molecular flexibility index (Phi) is 11.3. The second kappa shape index (κ2) is 15.2. The van der Waals surface area contributed by atoms with E-state index >= 15 is 0 Å². The molecule has 0 aromatic heterocycles. The van der Waals surface area contributed by atoms with Gasteiger partial charge in [0.15, 0.2) is 18.4 Å². The molecule has 2 fully saturated rings. The maximum atomic E-state index is 13.8. The molecule has 3 aliphatic heterocycles. The maximum Gasteiger partial charge on any atom is 0.342 e. The van der Waals surface area contributed by atoms with E-state index in [1.807, 2.05) is 52.8 Å². The lowest BCUT2D eigenvalue weighted by molar-refractivity contribution is -0.152. The van der Waals surface area contributed by atoms with Crippen LogP contribution < -0.4 is 9.47 Å². The van der Waals surface area contributed by atoms with Crippen LogP contribution >= 0.6 is 0 Å². The van der Waals surface area contributed by atoms with Crippen molar-refractivity contribution in [3.63, 3.8) is 0 Å². The molecule has 0 spiro atoms. The van der Waals surface area contributed by atoms with E-state index in [4.69, 9.17) is 42.6 Å². The molecular weight excluding hydrogens is 620 g/mol. The zero-order valence-electron chi connectivity index (χ0n) is 28.6. The molecule has 2 saturated heterocycles. The predicted molar refractivity (Wildman–Crippen MR) is 176 cm³/mol. The van der Waals surface area contributed by atoms with E-state index in [9.17, 15) is 9.59 Å². The van der Waals surface area contributed by atoms with Gasteiger partial charge in [0, 0.05) is 19.1 Å². The Morgan fingerprint density at radius 1 is 0.958 bits per heavy atom. The zero-order valence-corrected chi connectivity index (χ0v) is 28.6. The van der Waals surface area contributed by atoms with Crippen LogP contribution in [0.1, 0.15) is 74.2 Å². The molecule has 3 heterocycles. The zero-order chi connectivity index (χ0) is 34.5. The first kappa shape index (κ1) is 35.6. The number of ether oxygens (including phenoxy) is 9. The predicted octanol–water partition coefficient (Wildman–Crippen LogP) is 6.10. The Labute approximate surface area is 282 Å². The van der Waals surface area contributed by atoms with Gasteiger partial charge in [0.05, 0.1) is 18.3 Å². The van der Waals surface area contributed by atoms with E-state index in [2.05, 4.69) is 0 Å². The van der Waals surface area contributed by atoms with Crippen LogP contribution in [0.25, 0.3) is 6.08 Å². The second-order valence-corrected chi connectivity index (χ2v) is 13.1. The first-order valence-electron chi connectivity index (χ1n) is 16.3. The van der Waals surface area contributed by atoms with Crippen molar-refractivity contribution in [1.29, 1.82) is 0 Å². The lowest BCUT2D eigenvalue weighted by Gasteiger charge is -2.26. The molecule has 0 saturated carbocycles. The van der Waals surface area contributed by atoms with Crippen molar-refractivity contribution in [2.45, 2.75) is 90.1 Å². The van der Waals surface area contributed by atoms with Crippen molar-refractivity contribution in [3.05, 3.63) is 77.4 Å². The van der Waals surface area contributed by atoms with Gasteiger partial charge in [0.25, 0.3) is 0 Å². The van der Waals surface area contributed by atoms with Gasteiger partial charge in [-0.25, -0.2) is 9.59 Å². The Hall–Kier alpha value is -3.74. The van der Waals surface area contributed by atoms with Gasteiger partial charge in [-0.3, -0.25) is 0 Å². The summed E-state index contributed by atoms with van der Waals surface area (Å²) in [6.07, 6.45) is 5.02. The third-order valence-corrected chi connectivity index (χ3v) is 8.25. The molecule has 0 amide bonds. The molecule has 0 N–H and O–H groups in total. The quantitative estimate of drug-likeness (QED) is 0.185. The molecule has 11 nitrogen and oxygen atoms in total. The first-order chi connectivity index (χ1) is 22.8. The van der Waals surface area contributed by atoms with Gasteiger partial charge in [0.1, 0.15) is 48.1 Å². The van der Waals surface area contributed by atoms with E-state index in [-0.39, 0.29) is 36.7 Å². The summed E-state index contributed by atoms with van der Waals surface area (Å²) >= 11 is 0. The van der Waals surface area contributed by atoms with Crippen LogP contribution in [0.3, 0.4) is 0 Å². The smallest absolute Gasteiger partial charge is 0.342 e. The molecule has 2 aromatic carbocycles. The summed E-state index contributed by atoms with van der Waals surface area (Å²) in [6, 6.07) is 12.2. The number of carbonyl (C=O) groups excluding carboxylic acids is 2. The summed E-state index contributed by atoms with van der Waals surface area (Å²) in [5.74, 6) is -2.22. The number of methoxy groups -OCH3 is 1. The Balaban J connectivity index is 1.49. The number of carbonyl (C=O) groups is 2. The molecule has 260 valence electrons. The largest absolute Gasteiger partial charge is 0.491 e. The van der Waals surface area contributed by atoms with Crippen LogP contribution in [-0.2, 0) is 33.2 Å². The van der Waals surface area contributed by atoms with Crippen molar-refractivity contribution >= 4 is 18.0 Å². The Morgan fingerprint density at radius 2 is 1.73 bits per heavy atom. The van der Waals surface area contributed by atoms with Crippen LogP contribution in [0.4, 0.5) is 0 Å². The van der Waals surface area contributed by atoms with E-state index < -0.39 is 47.9 Å². The molecule has 3 aliphatic rings. The van der Waals surface area contributed by atoms with Crippen molar-refractivity contribution in [3.8, 4) is 11.5 Å². The summed E-state index contributed by atoms with van der Waals surface area (Å²) in [5, 5.41) is 0. The highest BCUT2D eigenvalue weighted by Gasteiger charge is 2.45. The number of benzene rings is 2. The average molecular weight is 667 g/mol. The Morgan fingerprint density at radius 3 is 2.44 bits per heavy atom. The van der Waals surface area contributed by atoms with Gasteiger partial charge >= 0.3 is 11.9 Å². The van der Waals surface area contributed by atoms with E-state index in [1.54, 1.807) is 55.5 Å². The van der Waals surface area contributed by atoms with Crippen molar-refractivity contribution < 1.29 is 52.2 Å². The molecule has 3 unspecified atom stereocenters. The number of hydrogen-bond acceptors (Lipinski definition) is 11. The summed E-state index contributed by atoms with van der Waals surface area (Å²) < 4.78 is 53.4. The first-order valence-corrected chi connectivity index (χ1v) is 16.3. The van der Waals surface area contributed by atoms with Gasteiger partial charge in [-0.2, -0.15) is 0 Å². The minimum Gasteiger partial charge on any atom is -0.491 e. The average Bonchev–Trinajstić information content (AvgIpc) is 3.56. The third-order valence-electron chi connectivity index (χ3n) is 8.25. The summed E-state index contributed by atoms with van der Waals surface area (Å²) in [4.78, 5) is 27.0. The summed E-state index contributed by atoms with van der Waals surface area (Å²) in [6.45, 7) is 11.6. The lowest BCUT2D eigenvalue weighted by Crippen LogP contribution is -2.37. The van der Waals surface area contributed by atoms with Crippen LogP contribution in [-0.4, -0.2) is 81.1 Å². The van der Waals surface area contributed by atoms with Crippen LogP contribution in [0.2, 0.25) is 0 Å². The highest BCUT2D eigenvalue weighted by molar-refractivity contribution is 5.97. The minimum atomic E-state index is -0.930. The SMILES string of the molecule is COCOc1cc(OCC2COC(C)(C)O2)cc2c1C(=O)O[C@@H](C)[C@H](C)C=CC(OC(=O)c1ccccc1)C1OC(C)(C)O[C@H]1CC=C2. The monoisotopic (exact) mass is 666 g/mol. The van der Waals surface area contributed by atoms with Gasteiger partial charge in [0.2, 0.25) is 0 Å². The number of esters is 2. The molecule has 5 rings (SSSR count). The standard InChI is InChI=1S/C37H46O11/c1-23-16-17-29(45-34(38)25-12-9-8-10-13-25)33-30(47-37(5,6)48-33)15-11-14-26-18-27(41-20-28-21-43-36(3,4)46-28)19-31(42-22-40-7)32(26)35(39)44-24(23)2/h8-14,16-19,23-24,28-30,33H,15,20-22H2,1-7H3/t23-,24+,28?,29?,30+,33?/m1/s1. The molecule has 0 aliphatic carbocycles. The van der Waals surface area contributed by atoms with Gasteiger partial charge < -0.3 is 42.6 Å². The van der Waals surface area contributed by atoms with Crippen molar-refractivity contribution in [1.82, 2.24) is 0 Å². The molecule has 48 heavy (non-hydrogen) atoms. The fourth-order valence-corrected chi connectivity index (χ4v) is 5.73. The molecule has 6 atom stereocenters. The fourth-order valence-electron chi connectivity index (χ4n) is 5.73. The fraction of sp³-hybridized carbons (Fsp3) is 0.514. The molecule has 0 bridgehead atoms. The lowest BCUT2D eigenvalue weighted by atomic mass is 9.98. The van der Waals surface area contributed by atoms with Gasteiger partial charge in [-0.1, -0.05) is 43.4 Å². The normalized spacial score (nSPS) is 28.1. The minimum absolute atomic E-state index is 0.0948. The highest BCUT2D eigenvalue weighted by atomic mass is 16.8. The topological polar surface area (TPSA) is 117 Å². The van der Waals surface area contributed by atoms with Gasteiger partial charge in [-0.05, 0) is 70.9 Å². The Bertz CT molecular complexity index is 1480. The van der Waals surface area contributed by atoms with E-state index in [0.717, 1.165) is 0 Å². The molecule has 11 heteroatoms. The van der Waals surface area contributed by atoms with Crippen LogP contribution in [0, 0.1) is 5.92 Å². The second-order valence-electron chi connectivity index (χ2n) is 13.1. The molecule has 2 aromatic rings. The molecular formula is C37H46O11. The highest BCUT2D eigenvalue weighted by Crippen LogP contribution is 2.36. The van der Waals surface area contributed by atoms with Crippen LogP contribution in [0.5, 0.6) is 11.5 Å². The van der Waals surface area contributed by atoms with Crippen LogP contribution in [0.15, 0.2) is 60.7 Å². The number of hydrogen-bond donors (Lipinski definition) is 0. The van der Waals surface area contributed by atoms with Gasteiger partial charge in [-0.15, -0.1) is 0 Å². The summed E-state index contributed by atoms with van der Waals surface area (Å²) in [5.41, 5.74) is 1.17.